The third-order valence-electron chi connectivity index (χ3n) is 6.39. The number of nitrogens with one attached hydrogen (secondary N) is 1. The molecule has 0 atom stereocenters. The van der Waals surface area contributed by atoms with Crippen LogP contribution in [0, 0.1) is 11.8 Å². The van der Waals surface area contributed by atoms with Gasteiger partial charge in [0, 0.05) is 38.1 Å². The molecule has 28 heavy (non-hydrogen) atoms. The monoisotopic (exact) mass is 402 g/mol. The van der Waals surface area contributed by atoms with Crippen molar-refractivity contribution in [3.8, 4) is 0 Å². The molecule has 4 rings (SSSR count). The zero-order chi connectivity index (χ0) is 19.3. The Morgan fingerprint density at radius 3 is 2.57 bits per heavy atom. The third-order valence-corrected chi connectivity index (χ3v) is 7.21. The van der Waals surface area contributed by atoms with Crippen LogP contribution in [0.15, 0.2) is 24.3 Å². The van der Waals surface area contributed by atoms with Gasteiger partial charge in [-0.05, 0) is 61.3 Å². The molecule has 1 saturated heterocycles. The van der Waals surface area contributed by atoms with E-state index in [0.717, 1.165) is 50.8 Å². The largest absolute Gasteiger partial charge is 0.465 e. The molecule has 1 aliphatic carbocycles. The van der Waals surface area contributed by atoms with E-state index in [2.05, 4.69) is 39.4 Å². The summed E-state index contributed by atoms with van der Waals surface area (Å²) in [5.74, 6) is 2.50. The molecule has 2 fully saturated rings. The summed E-state index contributed by atoms with van der Waals surface area (Å²) in [6.45, 7) is 6.15. The molecule has 2 aliphatic rings. The van der Waals surface area contributed by atoms with E-state index in [1.54, 1.807) is 11.5 Å². The molecular weight excluding hydrogens is 372 g/mol. The Balaban J connectivity index is 1.18. The average Bonchev–Trinajstić information content (AvgIpc) is 3.16. The molecule has 1 aromatic carbocycles. The maximum Gasteiger partial charge on any atom is 0.404 e. The summed E-state index contributed by atoms with van der Waals surface area (Å²) in [6.07, 6.45) is 5.20. The molecule has 2 N–H and O–H groups in total. The Hall–Kier alpha value is -1.86. The second-order valence-corrected chi connectivity index (χ2v) is 9.00. The zero-order valence-electron chi connectivity index (χ0n) is 16.3. The summed E-state index contributed by atoms with van der Waals surface area (Å²) < 4.78 is 5.98. The summed E-state index contributed by atoms with van der Waals surface area (Å²) in [5.41, 5.74) is 0. The van der Waals surface area contributed by atoms with Crippen LogP contribution in [-0.2, 0) is 0 Å². The highest BCUT2D eigenvalue weighted by Crippen LogP contribution is 2.32. The first kappa shape index (κ1) is 19.5. The van der Waals surface area contributed by atoms with Crippen LogP contribution >= 0.6 is 11.5 Å². The third kappa shape index (κ3) is 4.75. The molecule has 0 unspecified atom stereocenters. The van der Waals surface area contributed by atoms with Gasteiger partial charge in [-0.3, -0.25) is 4.90 Å². The molecule has 1 saturated carbocycles. The van der Waals surface area contributed by atoms with Crippen LogP contribution in [0.5, 0.6) is 0 Å². The number of anilines is 1. The van der Waals surface area contributed by atoms with Crippen molar-refractivity contribution in [1.29, 1.82) is 0 Å². The first-order chi connectivity index (χ1) is 13.7. The van der Waals surface area contributed by atoms with Crippen molar-refractivity contribution < 1.29 is 9.90 Å². The van der Waals surface area contributed by atoms with Crippen LogP contribution in [0.3, 0.4) is 0 Å². The highest BCUT2D eigenvalue weighted by atomic mass is 32.1. The van der Waals surface area contributed by atoms with Crippen LogP contribution < -0.4 is 10.2 Å². The minimum Gasteiger partial charge on any atom is -0.465 e. The number of fused-ring (bicyclic) bond motifs is 1. The van der Waals surface area contributed by atoms with Crippen molar-refractivity contribution >= 4 is 33.5 Å². The lowest BCUT2D eigenvalue weighted by Gasteiger charge is -2.36. The second-order valence-electron chi connectivity index (χ2n) is 8.19. The van der Waals surface area contributed by atoms with Gasteiger partial charge in [0.25, 0.3) is 0 Å². The first-order valence-electron chi connectivity index (χ1n) is 10.5. The number of carbonyl (C=O) groups is 1. The van der Waals surface area contributed by atoms with E-state index in [0.29, 0.717) is 12.5 Å². The molecule has 1 aromatic heterocycles. The van der Waals surface area contributed by atoms with Crippen LogP contribution in [0.25, 0.3) is 10.1 Å². The standard InChI is InChI=1S/C21H30N4O2S/c26-21(27)22-15-17-7-5-16(6-8-17)9-10-24-11-13-25(14-12-24)20-18-3-1-2-4-19(18)28-23-20/h1-4,16-17,22H,5-15H2,(H,26,27)/t16-,17+. The van der Waals surface area contributed by atoms with Crippen molar-refractivity contribution in [3.63, 3.8) is 0 Å². The van der Waals surface area contributed by atoms with E-state index < -0.39 is 6.09 Å². The molecule has 2 aromatic rings. The summed E-state index contributed by atoms with van der Waals surface area (Å²) in [4.78, 5) is 15.7. The lowest BCUT2D eigenvalue weighted by molar-refractivity contribution is 0.183. The smallest absolute Gasteiger partial charge is 0.404 e. The zero-order valence-corrected chi connectivity index (χ0v) is 17.2. The van der Waals surface area contributed by atoms with E-state index in [1.165, 1.54) is 35.9 Å². The molecule has 1 aliphatic heterocycles. The van der Waals surface area contributed by atoms with Crippen LogP contribution in [0.2, 0.25) is 0 Å². The van der Waals surface area contributed by atoms with Crippen molar-refractivity contribution in [2.24, 2.45) is 11.8 Å². The number of rotatable bonds is 6. The van der Waals surface area contributed by atoms with Gasteiger partial charge in [0.2, 0.25) is 0 Å². The molecule has 0 bridgehead atoms. The number of amides is 1. The Bertz CT molecular complexity index is 780. The average molecular weight is 403 g/mol. The number of aromatic nitrogens is 1. The Labute approximate surface area is 170 Å². The minimum absolute atomic E-state index is 0.531. The van der Waals surface area contributed by atoms with Gasteiger partial charge >= 0.3 is 6.09 Å². The minimum atomic E-state index is -0.896. The lowest BCUT2D eigenvalue weighted by Crippen LogP contribution is -2.47. The molecule has 6 nitrogen and oxygen atoms in total. The summed E-state index contributed by atoms with van der Waals surface area (Å²) in [6, 6.07) is 8.52. The van der Waals surface area contributed by atoms with Crippen LogP contribution in [0.1, 0.15) is 32.1 Å². The first-order valence-corrected chi connectivity index (χ1v) is 11.2. The van der Waals surface area contributed by atoms with Gasteiger partial charge in [0.15, 0.2) is 0 Å². The molecule has 0 radical (unpaired) electrons. The van der Waals surface area contributed by atoms with Crippen LogP contribution in [0.4, 0.5) is 10.6 Å². The maximum absolute atomic E-state index is 10.6. The Morgan fingerprint density at radius 2 is 1.82 bits per heavy atom. The van der Waals surface area contributed by atoms with Crippen molar-refractivity contribution in [1.82, 2.24) is 14.6 Å². The van der Waals surface area contributed by atoms with Gasteiger partial charge in [-0.1, -0.05) is 25.0 Å². The number of nitrogens with zero attached hydrogens (tertiary/aromatic N) is 3. The van der Waals surface area contributed by atoms with Crippen molar-refractivity contribution in [2.75, 3.05) is 44.2 Å². The molecule has 2 heterocycles. The summed E-state index contributed by atoms with van der Waals surface area (Å²) in [7, 11) is 0. The number of hydrogen-bond donors (Lipinski definition) is 2. The van der Waals surface area contributed by atoms with Gasteiger partial charge in [0.1, 0.15) is 5.82 Å². The van der Waals surface area contributed by atoms with Crippen LogP contribution in [-0.4, -0.2) is 59.7 Å². The number of hydrogen-bond acceptors (Lipinski definition) is 5. The Morgan fingerprint density at radius 1 is 1.11 bits per heavy atom. The van der Waals surface area contributed by atoms with E-state index >= 15 is 0 Å². The van der Waals surface area contributed by atoms with Gasteiger partial charge in [0.05, 0.1) is 4.70 Å². The summed E-state index contributed by atoms with van der Waals surface area (Å²) >= 11 is 1.60. The lowest BCUT2D eigenvalue weighted by atomic mass is 9.80. The molecular formula is C21H30N4O2S. The fraction of sp³-hybridized carbons (Fsp3) is 0.619. The van der Waals surface area contributed by atoms with E-state index in [9.17, 15) is 4.79 Å². The Kier molecular flexibility index (Phi) is 6.32. The second kappa shape index (κ2) is 9.09. The van der Waals surface area contributed by atoms with Gasteiger partial charge in [-0.15, -0.1) is 0 Å². The fourth-order valence-electron chi connectivity index (χ4n) is 4.60. The molecule has 0 spiro atoms. The van der Waals surface area contributed by atoms with Gasteiger partial charge in [-0.25, -0.2) is 4.79 Å². The predicted molar refractivity (Wildman–Crippen MR) is 114 cm³/mol. The maximum atomic E-state index is 10.6. The number of piperazine rings is 1. The molecule has 7 heteroatoms. The number of carboxylic acid groups (broad SMARTS) is 1. The van der Waals surface area contributed by atoms with E-state index in [1.807, 2.05) is 0 Å². The number of benzene rings is 1. The van der Waals surface area contributed by atoms with E-state index in [4.69, 9.17) is 9.48 Å². The van der Waals surface area contributed by atoms with Crippen molar-refractivity contribution in [2.45, 2.75) is 32.1 Å². The quantitative estimate of drug-likeness (QED) is 0.767. The highest BCUT2D eigenvalue weighted by Gasteiger charge is 2.24. The fourth-order valence-corrected chi connectivity index (χ4v) is 5.40. The SMILES string of the molecule is O=C(O)NC[C@H]1CC[C@@H](CCN2CCN(c3nsc4ccccc34)CC2)CC1. The van der Waals surface area contributed by atoms with Crippen molar-refractivity contribution in [3.05, 3.63) is 24.3 Å². The van der Waals surface area contributed by atoms with Gasteiger partial charge < -0.3 is 15.3 Å². The van der Waals surface area contributed by atoms with Gasteiger partial charge in [-0.2, -0.15) is 4.37 Å². The molecule has 152 valence electrons. The molecule has 1 amide bonds. The predicted octanol–water partition coefficient (Wildman–Crippen LogP) is 3.88. The highest BCUT2D eigenvalue weighted by molar-refractivity contribution is 7.13. The topological polar surface area (TPSA) is 68.7 Å². The van der Waals surface area contributed by atoms with E-state index in [-0.39, 0.29) is 0 Å². The normalized spacial score (nSPS) is 23.8. The summed E-state index contributed by atoms with van der Waals surface area (Å²) in [5, 5.41) is 12.6.